The number of anilines is 1. The number of aromatic nitrogens is 4. The summed E-state index contributed by atoms with van der Waals surface area (Å²) in [7, 11) is 1.83. The minimum absolute atomic E-state index is 0.305. The molecule has 0 aliphatic carbocycles. The van der Waals surface area contributed by atoms with E-state index in [0.717, 1.165) is 5.69 Å². The van der Waals surface area contributed by atoms with Crippen molar-refractivity contribution in [3.63, 3.8) is 0 Å². The zero-order valence-corrected chi connectivity index (χ0v) is 9.28. The van der Waals surface area contributed by atoms with Gasteiger partial charge in [-0.15, -0.1) is 0 Å². The van der Waals surface area contributed by atoms with Crippen LogP contribution in [0.3, 0.4) is 0 Å². The predicted octanol–water partition coefficient (Wildman–Crippen LogP) is 0.775. The largest absolute Gasteiger partial charge is 0.351 e. The second-order valence-corrected chi connectivity index (χ2v) is 3.39. The fraction of sp³-hybridized carbons (Fsp3) is 0.182. The van der Waals surface area contributed by atoms with Crippen LogP contribution in [-0.4, -0.2) is 27.0 Å². The number of rotatable bonds is 3. The first-order chi connectivity index (χ1) is 8.31. The first-order valence-corrected chi connectivity index (χ1v) is 4.98. The third-order valence-electron chi connectivity index (χ3n) is 2.16. The van der Waals surface area contributed by atoms with Crippen molar-refractivity contribution in [1.82, 2.24) is 19.9 Å². The third-order valence-corrected chi connectivity index (χ3v) is 2.16. The molecule has 0 bridgehead atoms. The molecule has 84 valence electrons. The van der Waals surface area contributed by atoms with Gasteiger partial charge < -0.3 is 4.90 Å². The fourth-order valence-electron chi connectivity index (χ4n) is 1.42. The van der Waals surface area contributed by atoms with Gasteiger partial charge in [0.2, 0.25) is 0 Å². The average molecular weight is 226 g/mol. The van der Waals surface area contributed by atoms with Crippen LogP contribution < -0.4 is 4.90 Å². The van der Waals surface area contributed by atoms with Gasteiger partial charge in [0.1, 0.15) is 6.07 Å². The minimum Gasteiger partial charge on any atom is -0.351 e. The zero-order chi connectivity index (χ0) is 12.1. The van der Waals surface area contributed by atoms with Gasteiger partial charge in [0.15, 0.2) is 11.5 Å². The van der Waals surface area contributed by atoms with Gasteiger partial charge in [0.05, 0.1) is 18.4 Å². The summed E-state index contributed by atoms with van der Waals surface area (Å²) in [5.41, 5.74) is 1.11. The Morgan fingerprint density at radius 2 is 1.94 bits per heavy atom. The summed E-state index contributed by atoms with van der Waals surface area (Å²) in [6.07, 6.45) is 7.98. The molecule has 6 heteroatoms. The predicted molar refractivity (Wildman–Crippen MR) is 60.9 cm³/mol. The van der Waals surface area contributed by atoms with E-state index in [4.69, 9.17) is 5.26 Å². The van der Waals surface area contributed by atoms with Crippen LogP contribution in [0.25, 0.3) is 0 Å². The highest BCUT2D eigenvalue weighted by Crippen LogP contribution is 2.13. The molecule has 0 aliphatic heterocycles. The smallest absolute Gasteiger partial charge is 0.183 e. The summed E-state index contributed by atoms with van der Waals surface area (Å²) >= 11 is 0. The first kappa shape index (κ1) is 11.0. The Hall–Kier alpha value is -2.55. The van der Waals surface area contributed by atoms with Crippen LogP contribution in [0.1, 0.15) is 11.4 Å². The van der Waals surface area contributed by atoms with E-state index >= 15 is 0 Å². The van der Waals surface area contributed by atoms with Crippen molar-refractivity contribution < 1.29 is 0 Å². The Balaban J connectivity index is 2.21. The Kier molecular flexibility index (Phi) is 3.21. The van der Waals surface area contributed by atoms with E-state index in [0.29, 0.717) is 18.1 Å². The molecule has 0 aromatic carbocycles. The molecule has 2 aromatic heterocycles. The van der Waals surface area contributed by atoms with Crippen LogP contribution in [0.5, 0.6) is 0 Å². The van der Waals surface area contributed by atoms with E-state index in [9.17, 15) is 0 Å². The Bertz CT molecular complexity index is 533. The molecular formula is C11H10N6. The summed E-state index contributed by atoms with van der Waals surface area (Å²) in [6.45, 7) is 0.529. The van der Waals surface area contributed by atoms with Crippen molar-refractivity contribution in [2.75, 3.05) is 11.9 Å². The van der Waals surface area contributed by atoms with Gasteiger partial charge in [-0.3, -0.25) is 9.97 Å². The van der Waals surface area contributed by atoms with Gasteiger partial charge >= 0.3 is 0 Å². The van der Waals surface area contributed by atoms with Crippen LogP contribution in [0.2, 0.25) is 0 Å². The molecule has 0 unspecified atom stereocenters. The number of hydrogen-bond donors (Lipinski definition) is 0. The highest BCUT2D eigenvalue weighted by molar-refractivity contribution is 5.48. The van der Waals surface area contributed by atoms with E-state index in [1.54, 1.807) is 24.8 Å². The van der Waals surface area contributed by atoms with Crippen LogP contribution in [0.4, 0.5) is 5.82 Å². The molecule has 2 heterocycles. The monoisotopic (exact) mass is 226 g/mol. The van der Waals surface area contributed by atoms with Gasteiger partial charge in [-0.05, 0) is 0 Å². The highest BCUT2D eigenvalue weighted by atomic mass is 15.2. The lowest BCUT2D eigenvalue weighted by Gasteiger charge is -2.17. The molecule has 0 aliphatic rings. The summed E-state index contributed by atoms with van der Waals surface area (Å²) < 4.78 is 0. The SMILES string of the molecule is CN(Cc1cnccn1)c1nccnc1C#N. The molecule has 0 spiro atoms. The van der Waals surface area contributed by atoms with Crippen molar-refractivity contribution in [3.05, 3.63) is 42.4 Å². The second kappa shape index (κ2) is 4.99. The van der Waals surface area contributed by atoms with Crippen molar-refractivity contribution in [1.29, 1.82) is 5.26 Å². The maximum absolute atomic E-state index is 8.93. The van der Waals surface area contributed by atoms with Gasteiger partial charge in [0.25, 0.3) is 0 Å². The molecule has 0 saturated carbocycles. The number of nitriles is 1. The molecule has 0 N–H and O–H groups in total. The zero-order valence-electron chi connectivity index (χ0n) is 9.28. The molecule has 17 heavy (non-hydrogen) atoms. The third kappa shape index (κ3) is 2.52. The maximum Gasteiger partial charge on any atom is 0.183 e. The molecule has 0 saturated heterocycles. The summed E-state index contributed by atoms with van der Waals surface area (Å²) in [5, 5.41) is 8.93. The highest BCUT2D eigenvalue weighted by Gasteiger charge is 2.10. The Morgan fingerprint density at radius 3 is 2.65 bits per heavy atom. The number of nitrogens with zero attached hydrogens (tertiary/aromatic N) is 6. The molecule has 0 radical (unpaired) electrons. The van der Waals surface area contributed by atoms with Crippen molar-refractivity contribution in [3.8, 4) is 6.07 Å². The fourth-order valence-corrected chi connectivity index (χ4v) is 1.42. The summed E-state index contributed by atoms with van der Waals surface area (Å²) in [5.74, 6) is 0.542. The van der Waals surface area contributed by atoms with Crippen LogP contribution in [0, 0.1) is 11.3 Å². The van der Waals surface area contributed by atoms with E-state index < -0.39 is 0 Å². The van der Waals surface area contributed by atoms with E-state index in [-0.39, 0.29) is 0 Å². The van der Waals surface area contributed by atoms with Gasteiger partial charge in [-0.25, -0.2) is 9.97 Å². The van der Waals surface area contributed by atoms with E-state index in [2.05, 4.69) is 19.9 Å². The molecule has 2 rings (SSSR count). The topological polar surface area (TPSA) is 78.6 Å². The Morgan fingerprint density at radius 1 is 1.18 bits per heavy atom. The van der Waals surface area contributed by atoms with Gasteiger partial charge in [0, 0.05) is 31.8 Å². The Labute approximate surface area is 98.6 Å². The lowest BCUT2D eigenvalue weighted by molar-refractivity contribution is 0.847. The van der Waals surface area contributed by atoms with Crippen LogP contribution >= 0.6 is 0 Å². The quantitative estimate of drug-likeness (QED) is 0.769. The summed E-state index contributed by atoms with van der Waals surface area (Å²) in [4.78, 5) is 18.1. The lowest BCUT2D eigenvalue weighted by Crippen LogP contribution is -2.20. The number of hydrogen-bond acceptors (Lipinski definition) is 6. The van der Waals surface area contributed by atoms with Crippen molar-refractivity contribution >= 4 is 5.82 Å². The van der Waals surface area contributed by atoms with Crippen molar-refractivity contribution in [2.24, 2.45) is 0 Å². The molecule has 0 atom stereocenters. The van der Waals surface area contributed by atoms with Gasteiger partial charge in [-0.2, -0.15) is 5.26 Å². The van der Waals surface area contributed by atoms with Gasteiger partial charge in [-0.1, -0.05) is 0 Å². The van der Waals surface area contributed by atoms with Crippen LogP contribution in [0.15, 0.2) is 31.0 Å². The normalized spacial score (nSPS) is 9.65. The molecular weight excluding hydrogens is 216 g/mol. The van der Waals surface area contributed by atoms with E-state index in [1.165, 1.54) is 6.20 Å². The van der Waals surface area contributed by atoms with E-state index in [1.807, 2.05) is 18.0 Å². The molecule has 0 fully saturated rings. The van der Waals surface area contributed by atoms with Crippen molar-refractivity contribution in [2.45, 2.75) is 6.54 Å². The average Bonchev–Trinajstić information content (AvgIpc) is 2.40. The summed E-state index contributed by atoms with van der Waals surface area (Å²) in [6, 6.07) is 2.01. The standard InChI is InChI=1S/C11H10N6/c1-17(8-9-7-13-2-3-14-9)11-10(6-12)15-4-5-16-11/h2-5,7H,8H2,1H3. The van der Waals surface area contributed by atoms with Crippen LogP contribution in [-0.2, 0) is 6.54 Å². The minimum atomic E-state index is 0.305. The first-order valence-electron chi connectivity index (χ1n) is 4.98. The maximum atomic E-state index is 8.93. The molecule has 0 amide bonds. The molecule has 6 nitrogen and oxygen atoms in total. The molecule has 2 aromatic rings. The second-order valence-electron chi connectivity index (χ2n) is 3.39. The lowest BCUT2D eigenvalue weighted by atomic mass is 10.3.